The summed E-state index contributed by atoms with van der Waals surface area (Å²) in [5.74, 6) is 0. The zero-order chi connectivity index (χ0) is 11.9. The first-order valence-corrected chi connectivity index (χ1v) is 6.86. The van der Waals surface area contributed by atoms with Crippen LogP contribution in [0.5, 0.6) is 0 Å². The molecule has 1 heterocycles. The maximum absolute atomic E-state index is 6.04. The van der Waals surface area contributed by atoms with Crippen LogP contribution < -0.4 is 10.6 Å². The van der Waals surface area contributed by atoms with Crippen molar-refractivity contribution in [3.05, 3.63) is 23.2 Å². The Morgan fingerprint density at radius 1 is 1.12 bits per heavy atom. The molecule has 2 aliphatic rings. The summed E-state index contributed by atoms with van der Waals surface area (Å²) < 4.78 is 0. The van der Waals surface area contributed by atoms with Crippen LogP contribution in [-0.2, 0) is 0 Å². The molecule has 17 heavy (non-hydrogen) atoms. The molecular formula is C14H19ClN2. The summed E-state index contributed by atoms with van der Waals surface area (Å²) in [6, 6.07) is 5.76. The zero-order valence-electron chi connectivity index (χ0n) is 10.1. The lowest BCUT2D eigenvalue weighted by atomic mass is 9.68. The van der Waals surface area contributed by atoms with Crippen LogP contribution in [-0.4, -0.2) is 13.1 Å². The fourth-order valence-electron chi connectivity index (χ4n) is 3.34. The van der Waals surface area contributed by atoms with Gasteiger partial charge in [0.15, 0.2) is 0 Å². The third-order valence-corrected chi connectivity index (χ3v) is 4.54. The van der Waals surface area contributed by atoms with Crippen LogP contribution >= 0.6 is 11.6 Å². The van der Waals surface area contributed by atoms with Crippen LogP contribution in [0.4, 0.5) is 11.4 Å². The van der Waals surface area contributed by atoms with Gasteiger partial charge < -0.3 is 10.6 Å². The summed E-state index contributed by atoms with van der Waals surface area (Å²) in [6.07, 6.45) is 7.01. The molecule has 2 fully saturated rings. The number of benzene rings is 1. The number of halogens is 1. The van der Waals surface area contributed by atoms with Gasteiger partial charge in [-0.2, -0.15) is 0 Å². The van der Waals surface area contributed by atoms with Crippen molar-refractivity contribution >= 4 is 23.0 Å². The molecule has 0 amide bonds. The first-order chi connectivity index (χ1) is 8.19. The lowest BCUT2D eigenvalue weighted by Gasteiger charge is -2.53. The number of nitrogens with zero attached hydrogens (tertiary/aromatic N) is 1. The Morgan fingerprint density at radius 3 is 2.53 bits per heavy atom. The van der Waals surface area contributed by atoms with Gasteiger partial charge in [-0.15, -0.1) is 0 Å². The molecule has 1 spiro atoms. The highest BCUT2D eigenvalue weighted by Crippen LogP contribution is 2.46. The monoisotopic (exact) mass is 250 g/mol. The molecule has 1 saturated carbocycles. The van der Waals surface area contributed by atoms with Crippen LogP contribution in [0.15, 0.2) is 18.2 Å². The van der Waals surface area contributed by atoms with E-state index >= 15 is 0 Å². The third kappa shape index (κ3) is 1.99. The number of nitrogens with two attached hydrogens (primary N) is 1. The second kappa shape index (κ2) is 4.09. The van der Waals surface area contributed by atoms with Gasteiger partial charge in [-0.3, -0.25) is 0 Å². The molecule has 1 aliphatic heterocycles. The molecule has 3 heteroatoms. The second-order valence-corrected chi connectivity index (χ2v) is 6.06. The van der Waals surface area contributed by atoms with Crippen molar-refractivity contribution in [1.82, 2.24) is 0 Å². The molecule has 2 nitrogen and oxygen atoms in total. The Labute approximate surface area is 108 Å². The molecule has 1 saturated heterocycles. The van der Waals surface area contributed by atoms with Gasteiger partial charge >= 0.3 is 0 Å². The molecule has 0 bridgehead atoms. The van der Waals surface area contributed by atoms with Crippen molar-refractivity contribution in [1.29, 1.82) is 0 Å². The number of hydrogen-bond donors (Lipinski definition) is 1. The molecule has 3 rings (SSSR count). The Balaban J connectivity index is 1.74. The average Bonchev–Trinajstić information content (AvgIpc) is 2.30. The van der Waals surface area contributed by atoms with Crippen molar-refractivity contribution in [3.8, 4) is 0 Å². The van der Waals surface area contributed by atoms with Crippen molar-refractivity contribution in [2.75, 3.05) is 23.7 Å². The molecular weight excluding hydrogens is 232 g/mol. The molecule has 0 unspecified atom stereocenters. The minimum absolute atomic E-state index is 0.590. The van der Waals surface area contributed by atoms with E-state index in [1.165, 1.54) is 32.1 Å². The zero-order valence-corrected chi connectivity index (χ0v) is 10.8. The highest BCUT2D eigenvalue weighted by Gasteiger charge is 2.43. The van der Waals surface area contributed by atoms with E-state index in [0.717, 1.165) is 29.5 Å². The van der Waals surface area contributed by atoms with Crippen LogP contribution in [0, 0.1) is 5.41 Å². The molecule has 1 aromatic carbocycles. The first-order valence-electron chi connectivity index (χ1n) is 6.49. The third-order valence-electron chi connectivity index (χ3n) is 4.30. The van der Waals surface area contributed by atoms with Gasteiger partial charge in [0.2, 0.25) is 0 Å². The summed E-state index contributed by atoms with van der Waals surface area (Å²) in [7, 11) is 0. The molecule has 1 aliphatic carbocycles. The van der Waals surface area contributed by atoms with Crippen LogP contribution in [0.25, 0.3) is 0 Å². The first kappa shape index (κ1) is 11.2. The van der Waals surface area contributed by atoms with Crippen molar-refractivity contribution in [2.45, 2.75) is 32.1 Å². The molecule has 2 N–H and O–H groups in total. The number of hydrogen-bond acceptors (Lipinski definition) is 2. The van der Waals surface area contributed by atoms with Crippen molar-refractivity contribution in [3.63, 3.8) is 0 Å². The lowest BCUT2D eigenvalue weighted by molar-refractivity contribution is 0.139. The molecule has 0 aromatic heterocycles. The van der Waals surface area contributed by atoms with Crippen molar-refractivity contribution < 1.29 is 0 Å². The van der Waals surface area contributed by atoms with Gasteiger partial charge in [0.25, 0.3) is 0 Å². The molecule has 92 valence electrons. The van der Waals surface area contributed by atoms with E-state index in [-0.39, 0.29) is 0 Å². The van der Waals surface area contributed by atoms with E-state index < -0.39 is 0 Å². The Kier molecular flexibility index (Phi) is 2.70. The highest BCUT2D eigenvalue weighted by molar-refractivity contribution is 6.31. The lowest BCUT2D eigenvalue weighted by Crippen LogP contribution is -2.57. The van der Waals surface area contributed by atoms with Gasteiger partial charge in [-0.1, -0.05) is 30.9 Å². The summed E-state index contributed by atoms with van der Waals surface area (Å²) >= 11 is 6.04. The van der Waals surface area contributed by atoms with Crippen LogP contribution in [0.2, 0.25) is 5.02 Å². The maximum atomic E-state index is 6.04. The molecule has 1 aromatic rings. The average molecular weight is 251 g/mol. The largest absolute Gasteiger partial charge is 0.397 e. The van der Waals surface area contributed by atoms with E-state index in [1.54, 1.807) is 0 Å². The van der Waals surface area contributed by atoms with Crippen LogP contribution in [0.3, 0.4) is 0 Å². The summed E-state index contributed by atoms with van der Waals surface area (Å²) in [4.78, 5) is 2.38. The molecule has 0 atom stereocenters. The van der Waals surface area contributed by atoms with Gasteiger partial charge in [0, 0.05) is 23.5 Å². The van der Waals surface area contributed by atoms with Gasteiger partial charge in [0.1, 0.15) is 0 Å². The van der Waals surface area contributed by atoms with Gasteiger partial charge in [0.05, 0.1) is 11.4 Å². The summed E-state index contributed by atoms with van der Waals surface area (Å²) in [5, 5.41) is 0.777. The second-order valence-electron chi connectivity index (χ2n) is 5.62. The summed E-state index contributed by atoms with van der Waals surface area (Å²) in [5.41, 5.74) is 8.57. The van der Waals surface area contributed by atoms with E-state index in [9.17, 15) is 0 Å². The normalized spacial score (nSPS) is 22.5. The predicted molar refractivity (Wildman–Crippen MR) is 73.6 cm³/mol. The quantitative estimate of drug-likeness (QED) is 0.771. The number of anilines is 2. The van der Waals surface area contributed by atoms with E-state index in [1.807, 2.05) is 18.2 Å². The topological polar surface area (TPSA) is 29.3 Å². The van der Waals surface area contributed by atoms with Crippen LogP contribution in [0.1, 0.15) is 32.1 Å². The minimum atomic E-state index is 0.590. The van der Waals surface area contributed by atoms with Gasteiger partial charge in [-0.25, -0.2) is 0 Å². The Hall–Kier alpha value is -0.890. The summed E-state index contributed by atoms with van der Waals surface area (Å²) in [6.45, 7) is 2.33. The minimum Gasteiger partial charge on any atom is -0.397 e. The maximum Gasteiger partial charge on any atom is 0.0615 e. The Morgan fingerprint density at radius 2 is 1.82 bits per heavy atom. The fourth-order valence-corrected chi connectivity index (χ4v) is 3.51. The number of rotatable bonds is 1. The standard InChI is InChI=1S/C14H19ClN2/c15-11-4-5-12(16)13(8-11)17-9-14(10-17)6-2-1-3-7-14/h4-5,8H,1-3,6-7,9-10,16H2. The van der Waals surface area contributed by atoms with E-state index in [4.69, 9.17) is 17.3 Å². The predicted octanol–water partition coefficient (Wildman–Crippen LogP) is 3.69. The van der Waals surface area contributed by atoms with E-state index in [2.05, 4.69) is 4.90 Å². The Bertz CT molecular complexity index is 416. The smallest absolute Gasteiger partial charge is 0.0615 e. The fraction of sp³-hybridized carbons (Fsp3) is 0.571. The molecule has 0 radical (unpaired) electrons. The number of nitrogen functional groups attached to an aromatic ring is 1. The van der Waals surface area contributed by atoms with Crippen molar-refractivity contribution in [2.24, 2.45) is 5.41 Å². The SMILES string of the molecule is Nc1ccc(Cl)cc1N1CC2(CCCCC2)C1. The van der Waals surface area contributed by atoms with E-state index in [0.29, 0.717) is 5.41 Å². The highest BCUT2D eigenvalue weighted by atomic mass is 35.5. The van der Waals surface area contributed by atoms with Gasteiger partial charge in [-0.05, 0) is 31.0 Å².